The summed E-state index contributed by atoms with van der Waals surface area (Å²) in [6.45, 7) is 12.2. The van der Waals surface area contributed by atoms with Gasteiger partial charge in [0.05, 0.1) is 22.6 Å². The number of fused-ring (bicyclic) bond motifs is 2. The lowest BCUT2D eigenvalue weighted by molar-refractivity contribution is 0.00578. The van der Waals surface area contributed by atoms with Gasteiger partial charge in [-0.15, -0.1) is 0 Å². The summed E-state index contributed by atoms with van der Waals surface area (Å²) in [6, 6.07) is 16.4. The zero-order chi connectivity index (χ0) is 29.6. The normalized spacial score (nSPS) is 14.9. The number of benzene rings is 2. The molecule has 0 unspecified atom stereocenters. The van der Waals surface area contributed by atoms with Gasteiger partial charge < -0.3 is 9.31 Å². The van der Waals surface area contributed by atoms with E-state index in [0.717, 1.165) is 54.5 Å². The van der Waals surface area contributed by atoms with Crippen LogP contribution in [0.1, 0.15) is 53.9 Å². The first-order chi connectivity index (χ1) is 20.0. The van der Waals surface area contributed by atoms with Crippen LogP contribution in [0.15, 0.2) is 90.4 Å². The number of hydrogen-bond donors (Lipinski definition) is 0. The molecular weight excluding hydrogens is 615 g/mol. The molecular formula is C34H40BBrN6O2. The minimum absolute atomic E-state index is 0. The van der Waals surface area contributed by atoms with Gasteiger partial charge in [-0.2, -0.15) is 0 Å². The van der Waals surface area contributed by atoms with Crippen molar-refractivity contribution < 1.29 is 9.31 Å². The monoisotopic (exact) mass is 654 g/mol. The van der Waals surface area contributed by atoms with Crippen LogP contribution in [0, 0.1) is 13.8 Å². The van der Waals surface area contributed by atoms with Crippen molar-refractivity contribution in [2.75, 3.05) is 0 Å². The van der Waals surface area contributed by atoms with Crippen molar-refractivity contribution in [1.82, 2.24) is 29.1 Å². The van der Waals surface area contributed by atoms with E-state index in [-0.39, 0.29) is 26.1 Å². The summed E-state index contributed by atoms with van der Waals surface area (Å²) in [5, 5.41) is 4.42. The third-order valence-electron chi connectivity index (χ3n) is 7.94. The minimum atomic E-state index is -0.392. The van der Waals surface area contributed by atoms with Gasteiger partial charge in [-0.3, -0.25) is 9.13 Å². The summed E-state index contributed by atoms with van der Waals surface area (Å²) < 4.78 is 17.3. The standard InChI is InChI=1S/C19H22BN3O2.C13H10BrN3.2CH4/c1-13-11-23(12-22-13)17-9-14-7-6-8-16(15(14)10-21-17)20-24-18(2,3)19(4,5)25-20;1-9-7-17(8-16-9)13-5-10-3-2-4-12(14)11(10)6-15-13;;/h6-12H,1-5H3;2-8H,1H3;2*1H4. The van der Waals surface area contributed by atoms with Crippen LogP contribution >= 0.6 is 15.9 Å². The number of pyridine rings is 2. The van der Waals surface area contributed by atoms with Crippen LogP contribution in [-0.4, -0.2) is 47.4 Å². The van der Waals surface area contributed by atoms with E-state index in [9.17, 15) is 0 Å². The average Bonchev–Trinajstić information content (AvgIpc) is 3.65. The Balaban J connectivity index is 0.000000205. The first-order valence-electron chi connectivity index (χ1n) is 13.8. The van der Waals surface area contributed by atoms with Gasteiger partial charge in [0.2, 0.25) is 0 Å². The Bertz CT molecular complexity index is 1900. The molecule has 1 saturated heterocycles. The Labute approximate surface area is 268 Å². The second-order valence-corrected chi connectivity index (χ2v) is 12.4. The third kappa shape index (κ3) is 6.34. The maximum atomic E-state index is 6.21. The van der Waals surface area contributed by atoms with Crippen molar-refractivity contribution in [3.05, 3.63) is 102 Å². The van der Waals surface area contributed by atoms with Crippen LogP contribution in [-0.2, 0) is 9.31 Å². The summed E-state index contributed by atoms with van der Waals surface area (Å²) >= 11 is 3.52. The molecule has 0 saturated carbocycles. The molecule has 10 heteroatoms. The Morgan fingerprint density at radius 2 is 1.16 bits per heavy atom. The fourth-order valence-corrected chi connectivity index (χ4v) is 5.34. The zero-order valence-electron chi connectivity index (χ0n) is 24.5. The molecule has 0 radical (unpaired) electrons. The van der Waals surface area contributed by atoms with E-state index < -0.39 is 7.12 Å². The van der Waals surface area contributed by atoms with Gasteiger partial charge >= 0.3 is 7.12 Å². The Hall–Kier alpha value is -3.86. The highest BCUT2D eigenvalue weighted by atomic mass is 79.9. The number of halogens is 1. The van der Waals surface area contributed by atoms with Crippen LogP contribution in [0.4, 0.5) is 0 Å². The predicted molar refractivity (Wildman–Crippen MR) is 184 cm³/mol. The fourth-order valence-electron chi connectivity index (χ4n) is 4.86. The molecule has 0 bridgehead atoms. The molecule has 7 rings (SSSR count). The first kappa shape index (κ1) is 33.0. The molecule has 6 aromatic rings. The molecule has 1 fully saturated rings. The van der Waals surface area contributed by atoms with Crippen LogP contribution < -0.4 is 5.46 Å². The van der Waals surface area contributed by atoms with E-state index in [4.69, 9.17) is 9.31 Å². The van der Waals surface area contributed by atoms with Crippen molar-refractivity contribution in [3.63, 3.8) is 0 Å². The van der Waals surface area contributed by atoms with E-state index in [0.29, 0.717) is 0 Å². The molecule has 228 valence electrons. The number of hydrogen-bond acceptors (Lipinski definition) is 6. The summed E-state index contributed by atoms with van der Waals surface area (Å²) in [6.07, 6.45) is 11.3. The maximum Gasteiger partial charge on any atom is 0.495 e. The number of imidazole rings is 2. The van der Waals surface area contributed by atoms with Gasteiger partial charge in [0, 0.05) is 34.6 Å². The van der Waals surface area contributed by atoms with E-state index in [1.807, 2.05) is 72.0 Å². The molecule has 1 aliphatic heterocycles. The predicted octanol–water partition coefficient (Wildman–Crippen LogP) is 7.79. The van der Waals surface area contributed by atoms with Gasteiger partial charge in [-0.1, -0.05) is 61.1 Å². The van der Waals surface area contributed by atoms with E-state index in [2.05, 4.69) is 87.8 Å². The molecule has 44 heavy (non-hydrogen) atoms. The molecule has 8 nitrogen and oxygen atoms in total. The van der Waals surface area contributed by atoms with Gasteiger partial charge in [0.25, 0.3) is 0 Å². The third-order valence-corrected chi connectivity index (χ3v) is 8.63. The van der Waals surface area contributed by atoms with Crippen LogP contribution in [0.2, 0.25) is 0 Å². The van der Waals surface area contributed by atoms with E-state index >= 15 is 0 Å². The largest absolute Gasteiger partial charge is 0.495 e. The molecule has 5 heterocycles. The highest BCUT2D eigenvalue weighted by Crippen LogP contribution is 2.37. The van der Waals surface area contributed by atoms with Gasteiger partial charge in [0.15, 0.2) is 0 Å². The Kier molecular flexibility index (Phi) is 9.49. The Morgan fingerprint density at radius 1 is 0.682 bits per heavy atom. The Morgan fingerprint density at radius 3 is 1.66 bits per heavy atom. The summed E-state index contributed by atoms with van der Waals surface area (Å²) in [7, 11) is -0.392. The second kappa shape index (κ2) is 12.6. The number of aromatic nitrogens is 6. The maximum absolute atomic E-state index is 6.21. The first-order valence-corrected chi connectivity index (χ1v) is 14.6. The van der Waals surface area contributed by atoms with Crippen molar-refractivity contribution >= 4 is 50.1 Å². The molecule has 0 atom stereocenters. The molecule has 0 amide bonds. The molecule has 4 aromatic heterocycles. The van der Waals surface area contributed by atoms with Crippen molar-refractivity contribution in [1.29, 1.82) is 0 Å². The lowest BCUT2D eigenvalue weighted by Gasteiger charge is -2.32. The topological polar surface area (TPSA) is 79.9 Å². The fraction of sp³-hybridized carbons (Fsp3) is 0.294. The van der Waals surface area contributed by atoms with Crippen LogP contribution in [0.5, 0.6) is 0 Å². The molecule has 0 aliphatic carbocycles. The highest BCUT2D eigenvalue weighted by Gasteiger charge is 2.52. The smallest absolute Gasteiger partial charge is 0.399 e. The van der Waals surface area contributed by atoms with E-state index in [1.165, 1.54) is 0 Å². The highest BCUT2D eigenvalue weighted by molar-refractivity contribution is 9.10. The van der Waals surface area contributed by atoms with Gasteiger partial charge in [-0.25, -0.2) is 19.9 Å². The minimum Gasteiger partial charge on any atom is -0.399 e. The molecule has 2 aromatic carbocycles. The van der Waals surface area contributed by atoms with Gasteiger partial charge in [0.1, 0.15) is 24.3 Å². The lowest BCUT2D eigenvalue weighted by atomic mass is 9.76. The average molecular weight is 655 g/mol. The molecule has 0 spiro atoms. The number of aryl methyl sites for hydroxylation is 2. The van der Waals surface area contributed by atoms with Gasteiger partial charge in [-0.05, 0) is 81.4 Å². The van der Waals surface area contributed by atoms with Crippen molar-refractivity contribution in [3.8, 4) is 11.6 Å². The van der Waals surface area contributed by atoms with Crippen LogP contribution in [0.25, 0.3) is 33.2 Å². The zero-order valence-corrected chi connectivity index (χ0v) is 26.1. The number of rotatable bonds is 3. The summed E-state index contributed by atoms with van der Waals surface area (Å²) in [5.41, 5.74) is 2.24. The SMILES string of the molecule is C.C.Cc1cn(-c2cc3cccc(B4OC(C)(C)C(C)(C)O4)c3cn2)cn1.Cc1cn(-c2cc3cccc(Br)c3cn2)cn1. The molecule has 0 N–H and O–H groups in total. The van der Waals surface area contributed by atoms with Crippen LogP contribution in [0.3, 0.4) is 0 Å². The van der Waals surface area contributed by atoms with E-state index in [1.54, 1.807) is 12.7 Å². The van der Waals surface area contributed by atoms with Crippen molar-refractivity contribution in [2.24, 2.45) is 0 Å². The second-order valence-electron chi connectivity index (χ2n) is 11.5. The summed E-state index contributed by atoms with van der Waals surface area (Å²) in [4.78, 5) is 17.5. The van der Waals surface area contributed by atoms with Crippen molar-refractivity contribution in [2.45, 2.75) is 67.6 Å². The lowest BCUT2D eigenvalue weighted by Crippen LogP contribution is -2.41. The molecule has 1 aliphatic rings. The summed E-state index contributed by atoms with van der Waals surface area (Å²) in [5.74, 6) is 1.73. The number of nitrogens with zero attached hydrogens (tertiary/aromatic N) is 6. The quantitative estimate of drug-likeness (QED) is 0.181.